The highest BCUT2D eigenvalue weighted by atomic mass is 32.5. The van der Waals surface area contributed by atoms with Crippen LogP contribution in [0.5, 0.6) is 11.6 Å². The molecule has 3 aromatic rings. The minimum Gasteiger partial charge on any atom is -0.476 e. The van der Waals surface area contributed by atoms with Crippen molar-refractivity contribution in [1.82, 2.24) is 24.6 Å². The average Bonchev–Trinajstić information content (AvgIpc) is 3.34. The minimum absolute atomic E-state index is 0.0743. The van der Waals surface area contributed by atoms with Crippen LogP contribution in [0.1, 0.15) is 61.1 Å². The van der Waals surface area contributed by atoms with Gasteiger partial charge in [-0.1, -0.05) is 45.9 Å². The van der Waals surface area contributed by atoms with Crippen LogP contribution in [0.15, 0.2) is 36.7 Å². The molecule has 1 aromatic carbocycles. The van der Waals surface area contributed by atoms with E-state index in [9.17, 15) is 4.79 Å². The smallest absolute Gasteiger partial charge is 0.323 e. The van der Waals surface area contributed by atoms with Crippen LogP contribution >= 0.6 is 6.64 Å². The van der Waals surface area contributed by atoms with E-state index in [0.717, 1.165) is 0 Å². The third kappa shape index (κ3) is 9.61. The van der Waals surface area contributed by atoms with E-state index >= 15 is 0 Å². The molecule has 0 saturated heterocycles. The van der Waals surface area contributed by atoms with Crippen LogP contribution in [0.25, 0.3) is 11.2 Å². The Kier molecular flexibility index (Phi) is 11.5. The first kappa shape index (κ1) is 32.7. The summed E-state index contributed by atoms with van der Waals surface area (Å²) in [6.07, 6.45) is 1.36. The summed E-state index contributed by atoms with van der Waals surface area (Å²) in [5.41, 5.74) is 6.72. The lowest BCUT2D eigenvalue weighted by atomic mass is 9.99. The van der Waals surface area contributed by atoms with Crippen molar-refractivity contribution in [3.63, 3.8) is 0 Å². The van der Waals surface area contributed by atoms with Gasteiger partial charge >= 0.3 is 12.6 Å². The van der Waals surface area contributed by atoms with Gasteiger partial charge in [0.1, 0.15) is 18.0 Å². The van der Waals surface area contributed by atoms with Crippen LogP contribution in [-0.2, 0) is 30.6 Å². The fourth-order valence-electron chi connectivity index (χ4n) is 3.60. The van der Waals surface area contributed by atoms with E-state index < -0.39 is 24.9 Å². The van der Waals surface area contributed by atoms with E-state index in [4.69, 9.17) is 40.8 Å². The van der Waals surface area contributed by atoms with Crippen LogP contribution < -0.4 is 20.1 Å². The Morgan fingerprint density at radius 2 is 1.88 bits per heavy atom. The standard InChI is InChI=1S/C27H41N6O6PS/c1-8-20(38-19(4)33-17-29-22-23(33)30-26(28)31-24(22)35-9-2)15-37-40(41,39-21-13-11-10-12-14-21)32-18(3)25(34)36-16-27(5,6)7/h10-14,17-20H,8-9,15-16H2,1-7H3,(H,32,41)(H2,28,30,31)/t18?,19-,20+,40?/m1/s1. The molecule has 0 aliphatic carbocycles. The third-order valence-corrected chi connectivity index (χ3v) is 8.18. The zero-order valence-electron chi connectivity index (χ0n) is 24.7. The number of hydrogen-bond acceptors (Lipinski definition) is 11. The van der Waals surface area contributed by atoms with E-state index in [1.165, 1.54) is 0 Å². The molecule has 14 heteroatoms. The van der Waals surface area contributed by atoms with Crippen molar-refractivity contribution in [2.45, 2.75) is 73.3 Å². The van der Waals surface area contributed by atoms with Crippen molar-refractivity contribution >= 4 is 41.5 Å². The van der Waals surface area contributed by atoms with Gasteiger partial charge in [-0.25, -0.2) is 10.1 Å². The Balaban J connectivity index is 1.73. The number of imidazole rings is 1. The van der Waals surface area contributed by atoms with Gasteiger partial charge < -0.3 is 29.0 Å². The van der Waals surface area contributed by atoms with Crippen LogP contribution in [0.4, 0.5) is 5.95 Å². The van der Waals surface area contributed by atoms with E-state index in [2.05, 4.69) is 20.0 Å². The normalized spacial score (nSPS) is 15.6. The Labute approximate surface area is 246 Å². The predicted molar refractivity (Wildman–Crippen MR) is 161 cm³/mol. The van der Waals surface area contributed by atoms with Gasteiger partial charge in [-0.2, -0.15) is 9.97 Å². The molecule has 41 heavy (non-hydrogen) atoms. The summed E-state index contributed by atoms with van der Waals surface area (Å²) < 4.78 is 31.4. The van der Waals surface area contributed by atoms with E-state index in [0.29, 0.717) is 35.8 Å². The molecule has 2 aromatic heterocycles. The summed E-state index contributed by atoms with van der Waals surface area (Å²) in [6, 6.07) is 8.33. The second kappa shape index (κ2) is 14.4. The number of carbonyl (C=O) groups is 1. The molecule has 0 aliphatic rings. The number of nitrogen functional groups attached to an aromatic ring is 1. The molecule has 3 rings (SSSR count). The summed E-state index contributed by atoms with van der Waals surface area (Å²) >= 11 is 5.85. The highest BCUT2D eigenvalue weighted by molar-refractivity contribution is 8.09. The largest absolute Gasteiger partial charge is 0.476 e. The number of benzene rings is 1. The van der Waals surface area contributed by atoms with Gasteiger partial charge in [0.2, 0.25) is 11.8 Å². The maximum absolute atomic E-state index is 12.7. The molecule has 0 fully saturated rings. The second-order valence-corrected chi connectivity index (χ2v) is 13.8. The highest BCUT2D eigenvalue weighted by Crippen LogP contribution is 2.45. The van der Waals surface area contributed by atoms with Gasteiger partial charge in [0, 0.05) is 0 Å². The van der Waals surface area contributed by atoms with Gasteiger partial charge in [-0.15, -0.1) is 0 Å². The Morgan fingerprint density at radius 1 is 1.17 bits per heavy atom. The van der Waals surface area contributed by atoms with E-state index in [1.54, 1.807) is 30.0 Å². The Morgan fingerprint density at radius 3 is 2.51 bits per heavy atom. The maximum atomic E-state index is 12.7. The van der Waals surface area contributed by atoms with Crippen molar-refractivity contribution in [2.24, 2.45) is 5.41 Å². The number of hydrogen-bond donors (Lipinski definition) is 2. The molecule has 2 heterocycles. The Hall–Kier alpha value is -2.83. The molecule has 0 amide bonds. The zero-order valence-corrected chi connectivity index (χ0v) is 26.4. The van der Waals surface area contributed by atoms with Crippen molar-refractivity contribution in [3.05, 3.63) is 36.7 Å². The number of carbonyl (C=O) groups excluding carboxylic acids is 1. The number of nitrogens with zero attached hydrogens (tertiary/aromatic N) is 4. The number of anilines is 1. The second-order valence-electron chi connectivity index (χ2n) is 10.6. The van der Waals surface area contributed by atoms with Gasteiger partial charge in [0.15, 0.2) is 11.2 Å². The fourth-order valence-corrected chi connectivity index (χ4v) is 6.04. The summed E-state index contributed by atoms with van der Waals surface area (Å²) in [5.74, 6) is 0.473. The molecule has 4 atom stereocenters. The number of ether oxygens (including phenoxy) is 3. The summed E-state index contributed by atoms with van der Waals surface area (Å²) in [5, 5.41) is 3.08. The molecule has 0 aliphatic heterocycles. The average molecular weight is 609 g/mol. The molecule has 12 nitrogen and oxygen atoms in total. The number of nitrogens with one attached hydrogen (secondary N) is 1. The predicted octanol–water partition coefficient (Wildman–Crippen LogP) is 5.01. The number of para-hydroxylation sites is 1. The zero-order chi connectivity index (χ0) is 30.2. The van der Waals surface area contributed by atoms with Crippen LogP contribution in [0.3, 0.4) is 0 Å². The molecule has 0 bridgehead atoms. The lowest BCUT2D eigenvalue weighted by Crippen LogP contribution is -2.37. The summed E-state index contributed by atoms with van der Waals surface area (Å²) in [4.78, 5) is 25.6. The first-order valence-electron chi connectivity index (χ1n) is 13.6. The van der Waals surface area contributed by atoms with Crippen LogP contribution in [0, 0.1) is 5.41 Å². The van der Waals surface area contributed by atoms with Gasteiger partial charge in [-0.05, 0) is 56.5 Å². The molecular formula is C27H41N6O6PS. The van der Waals surface area contributed by atoms with Crippen LogP contribution in [0.2, 0.25) is 0 Å². The topological polar surface area (TPSA) is 145 Å². The number of nitrogens with two attached hydrogens (primary N) is 1. The molecule has 0 radical (unpaired) electrons. The van der Waals surface area contributed by atoms with Crippen LogP contribution in [-0.4, -0.2) is 57.5 Å². The monoisotopic (exact) mass is 608 g/mol. The SMILES string of the molecule is CCOc1nc(N)nc2c1ncn2[C@@H](C)O[C@@H](CC)COP(=S)(NC(C)C(=O)OCC(C)(C)C)Oc1ccccc1. The number of rotatable bonds is 15. The highest BCUT2D eigenvalue weighted by Gasteiger charge is 2.30. The van der Waals surface area contributed by atoms with Crippen molar-refractivity contribution in [1.29, 1.82) is 0 Å². The number of fused-ring (bicyclic) bond motifs is 1. The molecule has 0 saturated carbocycles. The fraction of sp³-hybridized carbons (Fsp3) is 0.556. The molecule has 226 valence electrons. The summed E-state index contributed by atoms with van der Waals surface area (Å²) in [6.45, 7) is 10.9. The molecule has 2 unspecified atom stereocenters. The van der Waals surface area contributed by atoms with E-state index in [1.807, 2.05) is 59.7 Å². The molecule has 3 N–H and O–H groups in total. The number of esters is 1. The maximum Gasteiger partial charge on any atom is 0.323 e. The number of aromatic nitrogens is 4. The quantitative estimate of drug-likeness (QED) is 0.177. The third-order valence-electron chi connectivity index (χ3n) is 5.68. The van der Waals surface area contributed by atoms with Gasteiger partial charge in [0.25, 0.3) is 0 Å². The minimum atomic E-state index is -3.22. The Bertz CT molecular complexity index is 1340. The molecular weight excluding hydrogens is 567 g/mol. The van der Waals surface area contributed by atoms with Gasteiger partial charge in [0.05, 0.1) is 32.3 Å². The summed E-state index contributed by atoms with van der Waals surface area (Å²) in [7, 11) is 0. The van der Waals surface area contributed by atoms with Crippen molar-refractivity contribution in [2.75, 3.05) is 25.6 Å². The van der Waals surface area contributed by atoms with Crippen molar-refractivity contribution < 1.29 is 28.1 Å². The first-order valence-corrected chi connectivity index (χ1v) is 16.2. The lowest BCUT2D eigenvalue weighted by Gasteiger charge is -2.29. The molecule has 0 spiro atoms. The van der Waals surface area contributed by atoms with Crippen molar-refractivity contribution in [3.8, 4) is 11.6 Å². The van der Waals surface area contributed by atoms with Gasteiger partial charge in [-0.3, -0.25) is 9.36 Å². The van der Waals surface area contributed by atoms with E-state index in [-0.39, 0.29) is 30.7 Å². The first-order chi connectivity index (χ1) is 19.3. The lowest BCUT2D eigenvalue weighted by molar-refractivity contribution is -0.148.